The van der Waals surface area contributed by atoms with E-state index in [1.54, 1.807) is 18.2 Å². The van der Waals surface area contributed by atoms with Gasteiger partial charge in [-0.1, -0.05) is 6.07 Å². The highest BCUT2D eigenvalue weighted by atomic mass is 16.2. The summed E-state index contributed by atoms with van der Waals surface area (Å²) in [5, 5.41) is 13.4. The highest BCUT2D eigenvalue weighted by molar-refractivity contribution is 5.92. The number of hydrogen-bond acceptors (Lipinski definition) is 3. The third-order valence-electron chi connectivity index (χ3n) is 1.67. The van der Waals surface area contributed by atoms with Crippen molar-refractivity contribution in [3.05, 3.63) is 29.8 Å². The average Bonchev–Trinajstić information content (AvgIpc) is 2.26. The van der Waals surface area contributed by atoms with Gasteiger partial charge in [0.1, 0.15) is 0 Å². The number of nitrogens with two attached hydrogens (primary N) is 1. The first-order valence-corrected chi connectivity index (χ1v) is 4.45. The second-order valence-corrected chi connectivity index (χ2v) is 2.97. The van der Waals surface area contributed by atoms with E-state index in [9.17, 15) is 9.59 Å². The first-order chi connectivity index (χ1) is 7.61. The molecule has 16 heavy (non-hydrogen) atoms. The topological polar surface area (TPSA) is 108 Å². The minimum atomic E-state index is -0.624. The van der Waals surface area contributed by atoms with Crippen LogP contribution in [0, 0.1) is 11.3 Å². The molecule has 0 bridgehead atoms. The van der Waals surface area contributed by atoms with Crippen LogP contribution in [0.25, 0.3) is 0 Å². The van der Waals surface area contributed by atoms with E-state index in [-0.39, 0.29) is 6.54 Å². The molecular formula is C10H10N4O2. The summed E-state index contributed by atoms with van der Waals surface area (Å²) in [6.07, 6.45) is 0. The van der Waals surface area contributed by atoms with Crippen LogP contribution < -0.4 is 16.4 Å². The SMILES string of the molecule is N#Cc1cccc(NC(=O)NCC(N)=O)c1. The second kappa shape index (κ2) is 5.36. The normalized spacial score (nSPS) is 8.94. The van der Waals surface area contributed by atoms with Crippen molar-refractivity contribution in [1.82, 2.24) is 5.32 Å². The number of nitriles is 1. The summed E-state index contributed by atoms with van der Waals surface area (Å²) < 4.78 is 0. The molecule has 0 unspecified atom stereocenters. The van der Waals surface area contributed by atoms with Crippen LogP contribution in [0.4, 0.5) is 10.5 Å². The molecule has 82 valence electrons. The molecule has 6 heteroatoms. The number of rotatable bonds is 3. The predicted molar refractivity (Wildman–Crippen MR) is 57.4 cm³/mol. The van der Waals surface area contributed by atoms with Crippen LogP contribution in [-0.2, 0) is 4.79 Å². The van der Waals surface area contributed by atoms with E-state index in [0.29, 0.717) is 11.3 Å². The Morgan fingerprint density at radius 1 is 1.44 bits per heavy atom. The molecule has 1 aromatic rings. The lowest BCUT2D eigenvalue weighted by Gasteiger charge is -2.05. The number of primary amides is 1. The summed E-state index contributed by atoms with van der Waals surface area (Å²) >= 11 is 0. The molecule has 3 amide bonds. The van der Waals surface area contributed by atoms with Gasteiger partial charge >= 0.3 is 6.03 Å². The van der Waals surface area contributed by atoms with Gasteiger partial charge in [0.25, 0.3) is 0 Å². The second-order valence-electron chi connectivity index (χ2n) is 2.97. The molecule has 0 radical (unpaired) electrons. The Labute approximate surface area is 92.0 Å². The van der Waals surface area contributed by atoms with Crippen molar-refractivity contribution in [3.63, 3.8) is 0 Å². The van der Waals surface area contributed by atoms with Crippen molar-refractivity contribution in [2.45, 2.75) is 0 Å². The van der Waals surface area contributed by atoms with Crippen LogP contribution in [0.5, 0.6) is 0 Å². The van der Waals surface area contributed by atoms with Gasteiger partial charge in [0.2, 0.25) is 5.91 Å². The van der Waals surface area contributed by atoms with Crippen molar-refractivity contribution in [2.75, 3.05) is 11.9 Å². The lowest BCUT2D eigenvalue weighted by atomic mass is 10.2. The molecule has 1 rings (SSSR count). The van der Waals surface area contributed by atoms with Gasteiger partial charge in [-0.05, 0) is 18.2 Å². The van der Waals surface area contributed by atoms with E-state index >= 15 is 0 Å². The maximum absolute atomic E-state index is 11.2. The average molecular weight is 218 g/mol. The van der Waals surface area contributed by atoms with Crippen molar-refractivity contribution >= 4 is 17.6 Å². The first kappa shape index (κ1) is 11.5. The van der Waals surface area contributed by atoms with Crippen molar-refractivity contribution < 1.29 is 9.59 Å². The van der Waals surface area contributed by atoms with E-state index in [1.807, 2.05) is 6.07 Å². The Morgan fingerprint density at radius 2 is 2.19 bits per heavy atom. The molecule has 6 nitrogen and oxygen atoms in total. The number of urea groups is 1. The summed E-state index contributed by atoms with van der Waals surface area (Å²) in [6, 6.07) is 7.80. The van der Waals surface area contributed by atoms with Gasteiger partial charge in [-0.2, -0.15) is 5.26 Å². The fourth-order valence-corrected chi connectivity index (χ4v) is 1.01. The quantitative estimate of drug-likeness (QED) is 0.672. The summed E-state index contributed by atoms with van der Waals surface area (Å²) in [5.41, 5.74) is 5.77. The molecule has 0 fully saturated rings. The van der Waals surface area contributed by atoms with Crippen molar-refractivity contribution in [3.8, 4) is 6.07 Å². The molecule has 0 spiro atoms. The highest BCUT2D eigenvalue weighted by Gasteiger charge is 2.02. The molecule has 0 atom stereocenters. The Morgan fingerprint density at radius 3 is 2.81 bits per heavy atom. The Hall–Kier alpha value is -2.55. The zero-order valence-electron chi connectivity index (χ0n) is 8.36. The fourth-order valence-electron chi connectivity index (χ4n) is 1.01. The first-order valence-electron chi connectivity index (χ1n) is 4.45. The maximum Gasteiger partial charge on any atom is 0.319 e. The lowest BCUT2D eigenvalue weighted by Crippen LogP contribution is -2.36. The molecular weight excluding hydrogens is 208 g/mol. The third kappa shape index (κ3) is 3.67. The number of nitrogens with zero attached hydrogens (tertiary/aromatic N) is 1. The standard InChI is InChI=1S/C10H10N4O2/c11-5-7-2-1-3-8(4-7)14-10(16)13-6-9(12)15/h1-4H,6H2,(H2,12,15)(H2,13,14,16). The van der Waals surface area contributed by atoms with E-state index in [4.69, 9.17) is 11.0 Å². The van der Waals surface area contributed by atoms with E-state index < -0.39 is 11.9 Å². The van der Waals surface area contributed by atoms with Crippen LogP contribution in [0.1, 0.15) is 5.56 Å². The van der Waals surface area contributed by atoms with E-state index in [2.05, 4.69) is 10.6 Å². The summed E-state index contributed by atoms with van der Waals surface area (Å²) in [4.78, 5) is 21.6. The van der Waals surface area contributed by atoms with Gasteiger partial charge in [0.15, 0.2) is 0 Å². The number of hydrogen-bond donors (Lipinski definition) is 3. The molecule has 1 aromatic carbocycles. The molecule has 0 saturated carbocycles. The van der Waals surface area contributed by atoms with Gasteiger partial charge in [0, 0.05) is 5.69 Å². The zero-order valence-corrected chi connectivity index (χ0v) is 8.36. The third-order valence-corrected chi connectivity index (χ3v) is 1.67. The number of amides is 3. The number of nitrogens with one attached hydrogen (secondary N) is 2. The predicted octanol–water partition coefficient (Wildman–Crippen LogP) is 0.165. The maximum atomic E-state index is 11.2. The molecule has 0 aliphatic carbocycles. The monoisotopic (exact) mass is 218 g/mol. The summed E-state index contributed by atoms with van der Waals surface area (Å²) in [5.74, 6) is -0.624. The van der Waals surface area contributed by atoms with Crippen LogP contribution in [0.3, 0.4) is 0 Å². The molecule has 0 saturated heterocycles. The smallest absolute Gasteiger partial charge is 0.319 e. The van der Waals surface area contributed by atoms with Gasteiger partial charge < -0.3 is 16.4 Å². The van der Waals surface area contributed by atoms with Gasteiger partial charge in [-0.25, -0.2) is 4.79 Å². The summed E-state index contributed by atoms with van der Waals surface area (Å²) in [6.45, 7) is -0.232. The Balaban J connectivity index is 2.56. The molecule has 0 heterocycles. The van der Waals surface area contributed by atoms with Crippen LogP contribution >= 0.6 is 0 Å². The van der Waals surface area contributed by atoms with Gasteiger partial charge in [-0.15, -0.1) is 0 Å². The molecule has 4 N–H and O–H groups in total. The Kier molecular flexibility index (Phi) is 3.86. The number of benzene rings is 1. The van der Waals surface area contributed by atoms with Gasteiger partial charge in [-0.3, -0.25) is 4.79 Å². The molecule has 0 aliphatic heterocycles. The van der Waals surface area contributed by atoms with Crippen LogP contribution in [-0.4, -0.2) is 18.5 Å². The largest absolute Gasteiger partial charge is 0.368 e. The minimum Gasteiger partial charge on any atom is -0.368 e. The van der Waals surface area contributed by atoms with Crippen molar-refractivity contribution in [2.24, 2.45) is 5.73 Å². The summed E-state index contributed by atoms with van der Waals surface area (Å²) in [7, 11) is 0. The lowest BCUT2D eigenvalue weighted by molar-refractivity contribution is -0.117. The van der Waals surface area contributed by atoms with Crippen molar-refractivity contribution in [1.29, 1.82) is 5.26 Å². The van der Waals surface area contributed by atoms with Crippen LogP contribution in [0.2, 0.25) is 0 Å². The Bertz CT molecular complexity index is 450. The number of carbonyl (C=O) groups excluding carboxylic acids is 2. The van der Waals surface area contributed by atoms with E-state index in [0.717, 1.165) is 0 Å². The van der Waals surface area contributed by atoms with Gasteiger partial charge in [0.05, 0.1) is 18.2 Å². The van der Waals surface area contributed by atoms with E-state index in [1.165, 1.54) is 6.07 Å². The molecule has 0 aliphatic rings. The number of anilines is 1. The fraction of sp³-hybridized carbons (Fsp3) is 0.100. The highest BCUT2D eigenvalue weighted by Crippen LogP contribution is 2.09. The minimum absolute atomic E-state index is 0.232. The molecule has 0 aromatic heterocycles. The number of carbonyl (C=O) groups is 2. The zero-order chi connectivity index (χ0) is 12.0. The van der Waals surface area contributed by atoms with Crippen LogP contribution in [0.15, 0.2) is 24.3 Å².